The van der Waals surface area contributed by atoms with Crippen molar-refractivity contribution in [2.45, 2.75) is 472 Å². The fraction of sp³-hybridized carbons (Fsp3) is 0.954. The second kappa shape index (κ2) is 75.7. The molecule has 5 unspecified atom stereocenters. The van der Waals surface area contributed by atoms with Gasteiger partial charge in [-0.15, -0.1) is 0 Å². The highest BCUT2D eigenvalue weighted by Gasteiger charge is 2.31. The normalized spacial score (nSPS) is 14.7. The fourth-order valence-corrected chi connectivity index (χ4v) is 15.0. The summed E-state index contributed by atoms with van der Waals surface area (Å²) < 4.78 is 68.9. The van der Waals surface area contributed by atoms with Crippen LogP contribution in [0.2, 0.25) is 0 Å². The Labute approximate surface area is 651 Å². The standard InChI is InChI=1S/C87H170O17P2/c1-9-78(6)64-56-48-40-32-24-20-16-14-12-13-15-17-23-27-36-45-53-61-69-86(91)103-82(73-97-84(89)67-59-51-43-35-26-22-19-18-21-25-33-41-49-57-65-79(7)10-2)75-101-105(93,94)99-71-81(88)72-100-106(95,96)102-76-83(74-98-85(90)68-60-52-44-38-30-31-39-47-55-63-77(4)5)104-87(92)70-62-54-46-37-29-28-34-42-50-58-66-80(8)11-3/h77-83,88H,9-76H2,1-8H3,(H,93,94)(H,95,96)/t78?,79?,80?,81-,82-,83-/m1/s1. The van der Waals surface area contributed by atoms with Gasteiger partial charge in [-0.2, -0.15) is 0 Å². The Morgan fingerprint density at radius 2 is 0.453 bits per heavy atom. The Kier molecular flexibility index (Phi) is 74.3. The van der Waals surface area contributed by atoms with Gasteiger partial charge in [-0.25, -0.2) is 9.13 Å². The summed E-state index contributed by atoms with van der Waals surface area (Å²) >= 11 is 0. The van der Waals surface area contributed by atoms with Crippen LogP contribution in [0.1, 0.15) is 453 Å². The van der Waals surface area contributed by atoms with Gasteiger partial charge >= 0.3 is 39.5 Å². The topological polar surface area (TPSA) is 237 Å². The first kappa shape index (κ1) is 104. The molecule has 630 valence electrons. The molecule has 0 aliphatic carbocycles. The zero-order valence-electron chi connectivity index (χ0n) is 70.1. The number of rotatable bonds is 84. The summed E-state index contributed by atoms with van der Waals surface area (Å²) in [5.41, 5.74) is 0. The molecule has 0 radical (unpaired) electrons. The number of esters is 4. The first-order valence-corrected chi connectivity index (χ1v) is 47.8. The Bertz CT molecular complexity index is 2060. The Morgan fingerprint density at radius 3 is 0.670 bits per heavy atom. The van der Waals surface area contributed by atoms with E-state index in [1.54, 1.807) is 0 Å². The molecule has 8 atom stereocenters. The number of aliphatic hydroxyl groups is 1. The number of aliphatic hydroxyl groups excluding tert-OH is 1. The number of phosphoric acid groups is 2. The second-order valence-corrected chi connectivity index (χ2v) is 35.4. The molecular weight excluding hydrogens is 1380 g/mol. The smallest absolute Gasteiger partial charge is 0.462 e. The molecule has 0 saturated heterocycles. The minimum atomic E-state index is -4.97. The van der Waals surface area contributed by atoms with Crippen molar-refractivity contribution in [3.05, 3.63) is 0 Å². The van der Waals surface area contributed by atoms with Gasteiger partial charge in [0.1, 0.15) is 19.3 Å². The highest BCUT2D eigenvalue weighted by Crippen LogP contribution is 2.45. The summed E-state index contributed by atoms with van der Waals surface area (Å²) in [6.07, 6.45) is 65.1. The number of unbranched alkanes of at least 4 members (excludes halogenated alkanes) is 47. The maximum Gasteiger partial charge on any atom is 0.472 e. The van der Waals surface area contributed by atoms with Gasteiger partial charge in [-0.3, -0.25) is 37.3 Å². The van der Waals surface area contributed by atoms with Crippen molar-refractivity contribution in [3.63, 3.8) is 0 Å². The summed E-state index contributed by atoms with van der Waals surface area (Å²) in [5.74, 6) is 1.16. The predicted molar refractivity (Wildman–Crippen MR) is 437 cm³/mol. The van der Waals surface area contributed by atoms with Crippen LogP contribution in [-0.2, 0) is 65.4 Å². The Balaban J connectivity index is 5.25. The van der Waals surface area contributed by atoms with E-state index in [9.17, 15) is 43.2 Å². The third-order valence-electron chi connectivity index (χ3n) is 21.4. The van der Waals surface area contributed by atoms with Crippen molar-refractivity contribution in [1.29, 1.82) is 0 Å². The van der Waals surface area contributed by atoms with E-state index < -0.39 is 97.5 Å². The van der Waals surface area contributed by atoms with E-state index in [4.69, 9.17) is 37.0 Å². The third kappa shape index (κ3) is 76.1. The molecule has 0 spiro atoms. The van der Waals surface area contributed by atoms with Crippen LogP contribution >= 0.6 is 15.6 Å². The van der Waals surface area contributed by atoms with Crippen LogP contribution in [0.5, 0.6) is 0 Å². The van der Waals surface area contributed by atoms with Crippen LogP contribution < -0.4 is 0 Å². The number of ether oxygens (including phenoxy) is 4. The quantitative estimate of drug-likeness (QED) is 0.0222. The summed E-state index contributed by atoms with van der Waals surface area (Å²) in [7, 11) is -9.93. The molecule has 0 aliphatic heterocycles. The van der Waals surface area contributed by atoms with Crippen LogP contribution in [0, 0.1) is 23.7 Å². The lowest BCUT2D eigenvalue weighted by Gasteiger charge is -2.21. The van der Waals surface area contributed by atoms with Crippen LogP contribution in [0.4, 0.5) is 0 Å². The monoisotopic (exact) mass is 1550 g/mol. The van der Waals surface area contributed by atoms with E-state index in [2.05, 4.69) is 55.4 Å². The first-order valence-electron chi connectivity index (χ1n) is 44.8. The van der Waals surface area contributed by atoms with E-state index in [1.165, 1.54) is 257 Å². The SMILES string of the molecule is CCC(C)CCCCCCCCCCCCCCCCCCCCC(=O)O[C@H](COC(=O)CCCCCCCCCCCCCCCCC(C)CC)COP(=O)(O)OC[C@@H](O)COP(=O)(O)OC[C@@H](COC(=O)CCCCCCCCCCCC(C)C)OC(=O)CCCCCCCCCCCCC(C)CC. The maximum absolute atomic E-state index is 13.2. The Morgan fingerprint density at radius 1 is 0.264 bits per heavy atom. The van der Waals surface area contributed by atoms with Gasteiger partial charge in [-0.1, -0.05) is 402 Å². The molecule has 0 rings (SSSR count). The zero-order chi connectivity index (χ0) is 78.1. The minimum absolute atomic E-state index is 0.106. The molecular formula is C87H170O17P2. The molecule has 0 amide bonds. The summed E-state index contributed by atoms with van der Waals surface area (Å²) in [4.78, 5) is 73.3. The van der Waals surface area contributed by atoms with Crippen LogP contribution in [0.15, 0.2) is 0 Å². The third-order valence-corrected chi connectivity index (χ3v) is 23.3. The van der Waals surface area contributed by atoms with Gasteiger partial charge in [0.05, 0.1) is 26.4 Å². The van der Waals surface area contributed by atoms with E-state index in [0.29, 0.717) is 25.7 Å². The lowest BCUT2D eigenvalue weighted by atomic mass is 9.99. The summed E-state index contributed by atoms with van der Waals surface area (Å²) in [5, 5.41) is 10.7. The molecule has 0 heterocycles. The molecule has 0 aromatic carbocycles. The largest absolute Gasteiger partial charge is 0.472 e. The van der Waals surface area contributed by atoms with Gasteiger partial charge in [0.15, 0.2) is 12.2 Å². The molecule has 0 aromatic heterocycles. The van der Waals surface area contributed by atoms with Crippen molar-refractivity contribution in [2.24, 2.45) is 23.7 Å². The van der Waals surface area contributed by atoms with Crippen LogP contribution in [0.3, 0.4) is 0 Å². The average molecular weight is 1550 g/mol. The summed E-state index contributed by atoms with van der Waals surface area (Å²) in [6.45, 7) is 14.4. The van der Waals surface area contributed by atoms with E-state index >= 15 is 0 Å². The van der Waals surface area contributed by atoms with Crippen molar-refractivity contribution in [3.8, 4) is 0 Å². The number of carbonyl (C=O) groups is 4. The molecule has 106 heavy (non-hydrogen) atoms. The molecule has 3 N–H and O–H groups in total. The second-order valence-electron chi connectivity index (χ2n) is 32.5. The average Bonchev–Trinajstić information content (AvgIpc) is 0.899. The molecule has 0 saturated carbocycles. The fourth-order valence-electron chi connectivity index (χ4n) is 13.4. The van der Waals surface area contributed by atoms with E-state index in [-0.39, 0.29) is 25.7 Å². The predicted octanol–water partition coefficient (Wildman–Crippen LogP) is 26.3. The van der Waals surface area contributed by atoms with Crippen molar-refractivity contribution in [1.82, 2.24) is 0 Å². The van der Waals surface area contributed by atoms with E-state index in [0.717, 1.165) is 114 Å². The van der Waals surface area contributed by atoms with Crippen molar-refractivity contribution in [2.75, 3.05) is 39.6 Å². The number of carbonyl (C=O) groups excluding carboxylic acids is 4. The zero-order valence-corrected chi connectivity index (χ0v) is 71.9. The molecule has 0 bridgehead atoms. The van der Waals surface area contributed by atoms with Crippen LogP contribution in [-0.4, -0.2) is 96.7 Å². The molecule has 17 nitrogen and oxygen atoms in total. The van der Waals surface area contributed by atoms with Crippen LogP contribution in [0.25, 0.3) is 0 Å². The molecule has 19 heteroatoms. The van der Waals surface area contributed by atoms with E-state index in [1.807, 2.05) is 0 Å². The van der Waals surface area contributed by atoms with Crippen molar-refractivity contribution < 1.29 is 80.2 Å². The van der Waals surface area contributed by atoms with Gasteiger partial charge < -0.3 is 33.8 Å². The summed E-state index contributed by atoms with van der Waals surface area (Å²) in [6, 6.07) is 0. The Hall–Kier alpha value is -1.94. The number of hydrogen-bond donors (Lipinski definition) is 3. The number of phosphoric ester groups is 2. The lowest BCUT2D eigenvalue weighted by molar-refractivity contribution is -0.161. The maximum atomic E-state index is 13.2. The lowest BCUT2D eigenvalue weighted by Crippen LogP contribution is -2.30. The molecule has 0 aliphatic rings. The minimum Gasteiger partial charge on any atom is -0.462 e. The van der Waals surface area contributed by atoms with Gasteiger partial charge in [0, 0.05) is 25.7 Å². The van der Waals surface area contributed by atoms with Crippen molar-refractivity contribution >= 4 is 39.5 Å². The molecule has 0 fully saturated rings. The van der Waals surface area contributed by atoms with Gasteiger partial charge in [0.2, 0.25) is 0 Å². The van der Waals surface area contributed by atoms with Gasteiger partial charge in [-0.05, 0) is 49.4 Å². The number of hydrogen-bond acceptors (Lipinski definition) is 15. The highest BCUT2D eigenvalue weighted by atomic mass is 31.2. The van der Waals surface area contributed by atoms with Gasteiger partial charge in [0.25, 0.3) is 0 Å². The molecule has 0 aromatic rings. The first-order chi connectivity index (χ1) is 51.2. The highest BCUT2D eigenvalue weighted by molar-refractivity contribution is 7.47.